The van der Waals surface area contributed by atoms with E-state index in [9.17, 15) is 24.5 Å². The van der Waals surface area contributed by atoms with E-state index in [1.807, 2.05) is 0 Å². The number of esters is 1. The number of ether oxygens (including phenoxy) is 1. The second kappa shape index (κ2) is 6.78. The van der Waals surface area contributed by atoms with E-state index in [1.54, 1.807) is 0 Å². The van der Waals surface area contributed by atoms with E-state index in [0.29, 0.717) is 0 Å². The Hall–Kier alpha value is -2.42. The van der Waals surface area contributed by atoms with Gasteiger partial charge in [0.2, 0.25) is 5.91 Å². The summed E-state index contributed by atoms with van der Waals surface area (Å²) in [6.45, 7) is 1.62. The number of hydrogen-bond donors (Lipinski definition) is 0. The average Bonchev–Trinajstić information content (AvgIpc) is 2.85. The number of carbonyl (C=O) groups is 3. The summed E-state index contributed by atoms with van der Waals surface area (Å²) < 4.78 is 4.54. The number of nitrogens with zero attached hydrogens (tertiary/aromatic N) is 2. The molecular formula is C14H14N2O6S. The van der Waals surface area contributed by atoms with E-state index in [0.717, 1.165) is 17.8 Å². The zero-order valence-corrected chi connectivity index (χ0v) is 13.3. The molecule has 0 bridgehead atoms. The maximum absolute atomic E-state index is 12.1. The van der Waals surface area contributed by atoms with Gasteiger partial charge in [0.25, 0.3) is 5.69 Å². The number of amides is 1. The number of benzene rings is 1. The molecule has 0 aliphatic carbocycles. The maximum Gasteiger partial charge on any atom is 0.338 e. The van der Waals surface area contributed by atoms with Crippen LogP contribution in [0.15, 0.2) is 18.2 Å². The molecule has 1 unspecified atom stereocenters. The van der Waals surface area contributed by atoms with Crippen molar-refractivity contribution in [2.75, 3.05) is 18.6 Å². The molecule has 0 N–H and O–H groups in total. The molecule has 0 radical (unpaired) electrons. The van der Waals surface area contributed by atoms with E-state index in [-0.39, 0.29) is 46.2 Å². The normalized spacial score (nSPS) is 17.2. The Morgan fingerprint density at radius 3 is 2.70 bits per heavy atom. The number of hydrogen-bond acceptors (Lipinski definition) is 7. The van der Waals surface area contributed by atoms with Crippen LogP contribution < -0.4 is 4.90 Å². The standard InChI is InChI=1S/C14H14N2O6S/c1-8(17)23-10-6-13(18)15(7-10)11-4-3-9(14(19)22-2)5-12(11)16(20)21/h3-5,10H,6-7H2,1-2H3. The Kier molecular flexibility index (Phi) is 4.99. The molecule has 122 valence electrons. The molecule has 1 aromatic carbocycles. The van der Waals surface area contributed by atoms with Crippen molar-refractivity contribution in [3.63, 3.8) is 0 Å². The third kappa shape index (κ3) is 3.67. The van der Waals surface area contributed by atoms with Crippen molar-refractivity contribution < 1.29 is 24.0 Å². The van der Waals surface area contributed by atoms with E-state index >= 15 is 0 Å². The zero-order valence-electron chi connectivity index (χ0n) is 12.5. The number of nitro groups is 1. The van der Waals surface area contributed by atoms with Gasteiger partial charge in [0, 0.05) is 31.2 Å². The summed E-state index contributed by atoms with van der Waals surface area (Å²) in [5, 5.41) is 10.9. The fourth-order valence-electron chi connectivity index (χ4n) is 2.36. The lowest BCUT2D eigenvalue weighted by atomic mass is 10.1. The molecule has 23 heavy (non-hydrogen) atoms. The summed E-state index contributed by atoms with van der Waals surface area (Å²) in [7, 11) is 1.18. The largest absolute Gasteiger partial charge is 0.465 e. The van der Waals surface area contributed by atoms with Crippen LogP contribution in [0.2, 0.25) is 0 Å². The van der Waals surface area contributed by atoms with E-state index < -0.39 is 10.9 Å². The number of methoxy groups -OCH3 is 1. The van der Waals surface area contributed by atoms with Gasteiger partial charge in [-0.3, -0.25) is 19.7 Å². The molecule has 0 saturated carbocycles. The Bertz CT molecular complexity index is 690. The molecule has 1 saturated heterocycles. The predicted octanol–water partition coefficient (Wildman–Crippen LogP) is 1.77. The monoisotopic (exact) mass is 338 g/mol. The lowest BCUT2D eigenvalue weighted by molar-refractivity contribution is -0.384. The first kappa shape index (κ1) is 16.9. The van der Waals surface area contributed by atoms with Gasteiger partial charge in [-0.25, -0.2) is 4.79 Å². The fourth-order valence-corrected chi connectivity index (χ4v) is 3.28. The molecule has 2 rings (SSSR count). The second-order valence-corrected chi connectivity index (χ2v) is 6.37. The molecule has 1 amide bonds. The van der Waals surface area contributed by atoms with Crippen LogP contribution in [0.4, 0.5) is 11.4 Å². The minimum atomic E-state index is -0.697. The van der Waals surface area contributed by atoms with Crippen LogP contribution >= 0.6 is 11.8 Å². The molecule has 1 aliphatic heterocycles. The van der Waals surface area contributed by atoms with Gasteiger partial charge < -0.3 is 9.64 Å². The summed E-state index contributed by atoms with van der Waals surface area (Å²) in [6, 6.07) is 3.80. The van der Waals surface area contributed by atoms with E-state index in [4.69, 9.17) is 0 Å². The highest BCUT2D eigenvalue weighted by molar-refractivity contribution is 8.14. The Morgan fingerprint density at radius 2 is 2.13 bits per heavy atom. The van der Waals surface area contributed by atoms with Gasteiger partial charge >= 0.3 is 5.97 Å². The van der Waals surface area contributed by atoms with Gasteiger partial charge in [0.05, 0.1) is 17.6 Å². The van der Waals surface area contributed by atoms with Crippen LogP contribution in [0.25, 0.3) is 0 Å². The molecule has 1 atom stereocenters. The second-order valence-electron chi connectivity index (χ2n) is 4.89. The first-order chi connectivity index (χ1) is 10.8. The highest BCUT2D eigenvalue weighted by atomic mass is 32.2. The van der Waals surface area contributed by atoms with Crippen molar-refractivity contribution in [3.05, 3.63) is 33.9 Å². The summed E-state index contributed by atoms with van der Waals surface area (Å²) in [6.07, 6.45) is 0.139. The first-order valence-electron chi connectivity index (χ1n) is 6.67. The Balaban J connectivity index is 2.35. The highest BCUT2D eigenvalue weighted by Crippen LogP contribution is 2.35. The summed E-state index contributed by atoms with van der Waals surface area (Å²) >= 11 is 1.04. The quantitative estimate of drug-likeness (QED) is 0.468. The topological polar surface area (TPSA) is 107 Å². The molecule has 0 spiro atoms. The average molecular weight is 338 g/mol. The van der Waals surface area contributed by atoms with Crippen molar-refractivity contribution in [1.29, 1.82) is 0 Å². The third-order valence-corrected chi connectivity index (χ3v) is 4.29. The Morgan fingerprint density at radius 1 is 1.43 bits per heavy atom. The molecule has 1 aromatic rings. The van der Waals surface area contributed by atoms with Gasteiger partial charge in [0.15, 0.2) is 5.12 Å². The molecule has 9 heteroatoms. The highest BCUT2D eigenvalue weighted by Gasteiger charge is 2.35. The number of carbonyl (C=O) groups excluding carboxylic acids is 3. The van der Waals surface area contributed by atoms with Crippen molar-refractivity contribution in [2.24, 2.45) is 0 Å². The molecule has 0 aromatic heterocycles. The predicted molar refractivity (Wildman–Crippen MR) is 83.5 cm³/mol. The lowest BCUT2D eigenvalue weighted by Crippen LogP contribution is -2.26. The van der Waals surface area contributed by atoms with Crippen molar-refractivity contribution in [1.82, 2.24) is 0 Å². The van der Waals surface area contributed by atoms with Crippen LogP contribution in [-0.4, -0.2) is 40.8 Å². The number of thioether (sulfide) groups is 1. The minimum absolute atomic E-state index is 0.0317. The minimum Gasteiger partial charge on any atom is -0.465 e. The summed E-state index contributed by atoms with van der Waals surface area (Å²) in [5.41, 5.74) is -0.210. The van der Waals surface area contributed by atoms with Crippen molar-refractivity contribution >= 4 is 40.1 Å². The van der Waals surface area contributed by atoms with Crippen LogP contribution in [-0.2, 0) is 14.3 Å². The fraction of sp³-hybridized carbons (Fsp3) is 0.357. The third-order valence-electron chi connectivity index (χ3n) is 3.31. The number of anilines is 1. The van der Waals surface area contributed by atoms with Crippen molar-refractivity contribution in [3.8, 4) is 0 Å². The van der Waals surface area contributed by atoms with Crippen LogP contribution in [0, 0.1) is 10.1 Å². The lowest BCUT2D eigenvalue weighted by Gasteiger charge is -2.16. The molecule has 1 fully saturated rings. The number of nitro benzene ring substituents is 1. The molecule has 1 heterocycles. The zero-order chi connectivity index (χ0) is 17.1. The van der Waals surface area contributed by atoms with E-state index in [1.165, 1.54) is 31.1 Å². The van der Waals surface area contributed by atoms with Gasteiger partial charge in [-0.1, -0.05) is 11.8 Å². The summed E-state index contributed by atoms with van der Waals surface area (Å²) in [4.78, 5) is 46.6. The first-order valence-corrected chi connectivity index (χ1v) is 7.55. The van der Waals surface area contributed by atoms with Crippen molar-refractivity contribution in [2.45, 2.75) is 18.6 Å². The molecule has 8 nitrogen and oxygen atoms in total. The van der Waals surface area contributed by atoms with Crippen LogP contribution in [0.1, 0.15) is 23.7 Å². The van der Waals surface area contributed by atoms with Gasteiger partial charge in [0.1, 0.15) is 5.69 Å². The van der Waals surface area contributed by atoms with Gasteiger partial charge in [-0.15, -0.1) is 0 Å². The van der Waals surface area contributed by atoms with Crippen LogP contribution in [0.3, 0.4) is 0 Å². The smallest absolute Gasteiger partial charge is 0.338 e. The summed E-state index contributed by atoms with van der Waals surface area (Å²) in [5.74, 6) is -0.991. The molecule has 1 aliphatic rings. The van der Waals surface area contributed by atoms with Gasteiger partial charge in [-0.05, 0) is 12.1 Å². The van der Waals surface area contributed by atoms with E-state index in [2.05, 4.69) is 4.74 Å². The molecular weight excluding hydrogens is 324 g/mol. The Labute approximate surface area is 135 Å². The van der Waals surface area contributed by atoms with Crippen LogP contribution in [0.5, 0.6) is 0 Å². The maximum atomic E-state index is 12.1. The number of rotatable bonds is 4. The van der Waals surface area contributed by atoms with Gasteiger partial charge in [-0.2, -0.15) is 0 Å². The SMILES string of the molecule is COC(=O)c1ccc(N2CC(SC(C)=O)CC2=O)c([N+](=O)[O-])c1.